The van der Waals surface area contributed by atoms with Crippen LogP contribution in [-0.2, 0) is 4.74 Å². The maximum atomic E-state index is 11.2. The van der Waals surface area contributed by atoms with Crippen molar-refractivity contribution in [3.05, 3.63) is 34.6 Å². The van der Waals surface area contributed by atoms with E-state index in [0.717, 1.165) is 0 Å². The number of halogens is 1. The van der Waals surface area contributed by atoms with E-state index in [2.05, 4.69) is 5.10 Å². The monoisotopic (exact) mass is 284 g/mol. The van der Waals surface area contributed by atoms with Crippen LogP contribution in [0.25, 0.3) is 5.52 Å². The van der Waals surface area contributed by atoms with E-state index in [4.69, 9.17) is 21.4 Å². The third-order valence-corrected chi connectivity index (χ3v) is 2.84. The Morgan fingerprint density at radius 1 is 1.53 bits per heavy atom. The Kier molecular flexibility index (Phi) is 5.32. The first-order valence-electron chi connectivity index (χ1n) is 5.97. The highest BCUT2D eigenvalue weighted by molar-refractivity contribution is 6.31. The SMILES string of the molecule is CC.COC(C)c1c(C(=O)O)cnn2cc(Cl)cc12. The standard InChI is InChI=1S/C11H11ClN2O3.C2H6/c1-6(17-2)10-8(11(15)16)4-13-14-5-7(12)3-9(10)14;1-2/h3-6H,1-2H3,(H,15,16);1-2H3. The Morgan fingerprint density at radius 2 is 2.16 bits per heavy atom. The Morgan fingerprint density at radius 3 is 2.68 bits per heavy atom. The summed E-state index contributed by atoms with van der Waals surface area (Å²) in [7, 11) is 1.53. The molecule has 1 atom stereocenters. The van der Waals surface area contributed by atoms with Crippen molar-refractivity contribution in [1.29, 1.82) is 0 Å². The summed E-state index contributed by atoms with van der Waals surface area (Å²) in [6.45, 7) is 5.78. The number of nitrogens with zero attached hydrogens (tertiary/aromatic N) is 2. The van der Waals surface area contributed by atoms with Crippen LogP contribution in [0.3, 0.4) is 0 Å². The van der Waals surface area contributed by atoms with E-state index in [-0.39, 0.29) is 11.7 Å². The molecular formula is C13H17ClN2O3. The van der Waals surface area contributed by atoms with Crippen LogP contribution in [0.5, 0.6) is 0 Å². The fourth-order valence-corrected chi connectivity index (χ4v) is 1.96. The lowest BCUT2D eigenvalue weighted by atomic mass is 10.1. The number of ether oxygens (including phenoxy) is 1. The third kappa shape index (κ3) is 3.05. The molecule has 0 saturated carbocycles. The van der Waals surface area contributed by atoms with Crippen LogP contribution in [0.1, 0.15) is 42.8 Å². The van der Waals surface area contributed by atoms with Crippen molar-refractivity contribution in [1.82, 2.24) is 9.61 Å². The second-order valence-electron chi connectivity index (χ2n) is 3.64. The van der Waals surface area contributed by atoms with Crippen LogP contribution in [0.4, 0.5) is 0 Å². The highest BCUT2D eigenvalue weighted by Gasteiger charge is 2.20. The number of hydrogen-bond donors (Lipinski definition) is 1. The van der Waals surface area contributed by atoms with Gasteiger partial charge in [0.25, 0.3) is 0 Å². The van der Waals surface area contributed by atoms with E-state index in [0.29, 0.717) is 16.1 Å². The molecule has 0 fully saturated rings. The summed E-state index contributed by atoms with van der Waals surface area (Å²) in [6, 6.07) is 1.67. The Hall–Kier alpha value is -1.59. The fraction of sp³-hybridized carbons (Fsp3) is 0.385. The van der Waals surface area contributed by atoms with Crippen LogP contribution in [-0.4, -0.2) is 27.8 Å². The zero-order valence-electron chi connectivity index (χ0n) is 11.3. The number of fused-ring (bicyclic) bond motifs is 1. The van der Waals surface area contributed by atoms with Crippen LogP contribution in [0, 0.1) is 0 Å². The van der Waals surface area contributed by atoms with Crippen molar-refractivity contribution >= 4 is 23.1 Å². The van der Waals surface area contributed by atoms with Gasteiger partial charge < -0.3 is 9.84 Å². The first kappa shape index (κ1) is 15.5. The van der Waals surface area contributed by atoms with E-state index >= 15 is 0 Å². The number of carboxylic acids is 1. The van der Waals surface area contributed by atoms with Gasteiger partial charge in [-0.3, -0.25) is 0 Å². The van der Waals surface area contributed by atoms with Gasteiger partial charge in [-0.2, -0.15) is 5.10 Å². The molecule has 2 aromatic rings. The van der Waals surface area contributed by atoms with E-state index < -0.39 is 5.97 Å². The van der Waals surface area contributed by atoms with E-state index in [9.17, 15) is 4.79 Å². The molecule has 0 saturated heterocycles. The van der Waals surface area contributed by atoms with Crippen molar-refractivity contribution < 1.29 is 14.6 Å². The predicted octanol–water partition coefficient (Wildman–Crippen LogP) is 3.42. The van der Waals surface area contributed by atoms with Gasteiger partial charge in [0.15, 0.2) is 0 Å². The molecule has 0 amide bonds. The maximum absolute atomic E-state index is 11.2. The zero-order valence-corrected chi connectivity index (χ0v) is 12.1. The molecule has 0 aliphatic carbocycles. The molecule has 6 heteroatoms. The van der Waals surface area contributed by atoms with Gasteiger partial charge in [0.2, 0.25) is 0 Å². The van der Waals surface area contributed by atoms with Crippen LogP contribution < -0.4 is 0 Å². The lowest BCUT2D eigenvalue weighted by Crippen LogP contribution is -2.10. The van der Waals surface area contributed by atoms with Crippen molar-refractivity contribution in [2.45, 2.75) is 26.9 Å². The van der Waals surface area contributed by atoms with Gasteiger partial charge in [-0.05, 0) is 13.0 Å². The molecule has 1 N–H and O–H groups in total. The Labute approximate surface area is 116 Å². The number of aromatic carboxylic acids is 1. The molecule has 0 radical (unpaired) electrons. The summed E-state index contributed by atoms with van der Waals surface area (Å²) in [5.74, 6) is -1.03. The summed E-state index contributed by atoms with van der Waals surface area (Å²) in [5.41, 5.74) is 1.34. The second kappa shape index (κ2) is 6.54. The summed E-state index contributed by atoms with van der Waals surface area (Å²) in [6.07, 6.45) is 2.57. The number of aromatic nitrogens is 2. The number of rotatable bonds is 3. The molecule has 19 heavy (non-hydrogen) atoms. The van der Waals surface area contributed by atoms with Crippen molar-refractivity contribution in [2.24, 2.45) is 0 Å². The lowest BCUT2D eigenvalue weighted by Gasteiger charge is -2.14. The van der Waals surface area contributed by atoms with E-state index in [1.807, 2.05) is 13.8 Å². The first-order valence-corrected chi connectivity index (χ1v) is 6.35. The molecule has 0 aliphatic heterocycles. The molecule has 0 aromatic carbocycles. The van der Waals surface area contributed by atoms with Gasteiger partial charge in [0, 0.05) is 18.9 Å². The normalized spacial score (nSPS) is 11.8. The highest BCUT2D eigenvalue weighted by atomic mass is 35.5. The number of hydrogen-bond acceptors (Lipinski definition) is 3. The number of carbonyl (C=O) groups is 1. The first-order chi connectivity index (χ1) is 9.04. The number of methoxy groups -OCH3 is 1. The summed E-state index contributed by atoms with van der Waals surface area (Å²) >= 11 is 5.89. The van der Waals surface area contributed by atoms with Crippen LogP contribution in [0.15, 0.2) is 18.5 Å². The maximum Gasteiger partial charge on any atom is 0.337 e. The molecule has 2 aromatic heterocycles. The third-order valence-electron chi connectivity index (χ3n) is 2.63. The summed E-state index contributed by atoms with van der Waals surface area (Å²) in [5, 5.41) is 13.6. The molecule has 0 bridgehead atoms. The molecule has 0 spiro atoms. The van der Waals surface area contributed by atoms with E-state index in [1.165, 1.54) is 13.3 Å². The van der Waals surface area contributed by atoms with Gasteiger partial charge >= 0.3 is 5.97 Å². The van der Waals surface area contributed by atoms with E-state index in [1.54, 1.807) is 23.7 Å². The minimum Gasteiger partial charge on any atom is -0.478 e. The molecule has 1 unspecified atom stereocenters. The largest absolute Gasteiger partial charge is 0.478 e. The molecule has 104 valence electrons. The van der Waals surface area contributed by atoms with Crippen LogP contribution in [0.2, 0.25) is 5.02 Å². The average molecular weight is 285 g/mol. The van der Waals surface area contributed by atoms with Crippen molar-refractivity contribution in [3.8, 4) is 0 Å². The van der Waals surface area contributed by atoms with Gasteiger partial charge in [-0.1, -0.05) is 25.4 Å². The summed E-state index contributed by atoms with van der Waals surface area (Å²) < 4.78 is 6.74. The second-order valence-corrected chi connectivity index (χ2v) is 4.08. The minimum absolute atomic E-state index is 0.126. The average Bonchev–Trinajstić information content (AvgIpc) is 2.78. The summed E-state index contributed by atoms with van der Waals surface area (Å²) in [4.78, 5) is 11.2. The highest BCUT2D eigenvalue weighted by Crippen LogP contribution is 2.27. The fourth-order valence-electron chi connectivity index (χ4n) is 1.76. The molecule has 0 aliphatic rings. The van der Waals surface area contributed by atoms with Gasteiger partial charge in [0.05, 0.1) is 28.4 Å². The van der Waals surface area contributed by atoms with Gasteiger partial charge in [-0.25, -0.2) is 9.31 Å². The van der Waals surface area contributed by atoms with Crippen LogP contribution >= 0.6 is 11.6 Å². The topological polar surface area (TPSA) is 63.8 Å². The quantitative estimate of drug-likeness (QED) is 0.938. The molecule has 2 heterocycles. The van der Waals surface area contributed by atoms with Crippen molar-refractivity contribution in [3.63, 3.8) is 0 Å². The predicted molar refractivity (Wildman–Crippen MR) is 73.9 cm³/mol. The smallest absolute Gasteiger partial charge is 0.337 e. The Balaban J connectivity index is 0.000000861. The Bertz CT molecular complexity index is 581. The molecular weight excluding hydrogens is 268 g/mol. The van der Waals surface area contributed by atoms with Gasteiger partial charge in [-0.15, -0.1) is 0 Å². The molecule has 2 rings (SSSR count). The zero-order chi connectivity index (χ0) is 14.6. The molecule has 5 nitrogen and oxygen atoms in total. The lowest BCUT2D eigenvalue weighted by molar-refractivity contribution is 0.0683. The number of carboxylic acid groups (broad SMARTS) is 1. The van der Waals surface area contributed by atoms with Crippen molar-refractivity contribution in [2.75, 3.05) is 7.11 Å². The van der Waals surface area contributed by atoms with Gasteiger partial charge in [0.1, 0.15) is 0 Å². The minimum atomic E-state index is -1.03.